The number of phenolic OH excluding ortho intramolecular Hbond substituents is 1. The largest absolute Gasteiger partial charge is 0.508 e. The number of halogens is 2. The van der Waals surface area contributed by atoms with Gasteiger partial charge in [0.25, 0.3) is 5.91 Å². The van der Waals surface area contributed by atoms with Crippen LogP contribution in [-0.2, 0) is 4.79 Å². The van der Waals surface area contributed by atoms with Crippen LogP contribution in [0.15, 0.2) is 42.5 Å². The Hall–Kier alpha value is -2.24. The standard InChI is InChI=1S/C15H12Cl2N2O3/c16-12-5-4-9(6-13(12)17)15(22)18-8-14(21)19-10-2-1-3-11(20)7-10/h1-7,20H,8H2,(H,18,22)(H,19,21). The van der Waals surface area contributed by atoms with Gasteiger partial charge in [0, 0.05) is 17.3 Å². The maximum atomic E-state index is 11.9. The van der Waals surface area contributed by atoms with Gasteiger partial charge in [-0.2, -0.15) is 0 Å². The van der Waals surface area contributed by atoms with Crippen LogP contribution in [-0.4, -0.2) is 23.5 Å². The van der Waals surface area contributed by atoms with Crippen LogP contribution >= 0.6 is 23.2 Å². The Morgan fingerprint density at radius 3 is 2.50 bits per heavy atom. The van der Waals surface area contributed by atoms with E-state index in [4.69, 9.17) is 23.2 Å². The van der Waals surface area contributed by atoms with E-state index in [2.05, 4.69) is 10.6 Å². The summed E-state index contributed by atoms with van der Waals surface area (Å²) in [4.78, 5) is 23.6. The van der Waals surface area contributed by atoms with Gasteiger partial charge in [-0.25, -0.2) is 0 Å². The van der Waals surface area contributed by atoms with Gasteiger partial charge in [0.05, 0.1) is 16.6 Å². The summed E-state index contributed by atoms with van der Waals surface area (Å²) in [5.41, 5.74) is 0.744. The molecule has 0 radical (unpaired) electrons. The smallest absolute Gasteiger partial charge is 0.251 e. The van der Waals surface area contributed by atoms with E-state index >= 15 is 0 Å². The van der Waals surface area contributed by atoms with Crippen molar-refractivity contribution in [2.45, 2.75) is 0 Å². The van der Waals surface area contributed by atoms with Gasteiger partial charge < -0.3 is 15.7 Å². The summed E-state index contributed by atoms with van der Waals surface area (Å²) < 4.78 is 0. The van der Waals surface area contributed by atoms with Gasteiger partial charge in [0.15, 0.2) is 0 Å². The Labute approximate surface area is 136 Å². The fraction of sp³-hybridized carbons (Fsp3) is 0.0667. The minimum atomic E-state index is -0.440. The normalized spacial score (nSPS) is 10.1. The van der Waals surface area contributed by atoms with Crippen LogP contribution in [0.4, 0.5) is 5.69 Å². The summed E-state index contributed by atoms with van der Waals surface area (Å²) in [5.74, 6) is -0.818. The average Bonchev–Trinajstić information content (AvgIpc) is 2.47. The average molecular weight is 339 g/mol. The fourth-order valence-corrected chi connectivity index (χ4v) is 1.99. The van der Waals surface area contributed by atoms with E-state index in [-0.39, 0.29) is 17.3 Å². The molecule has 0 fully saturated rings. The van der Waals surface area contributed by atoms with Crippen LogP contribution < -0.4 is 10.6 Å². The lowest BCUT2D eigenvalue weighted by atomic mass is 10.2. The lowest BCUT2D eigenvalue weighted by Crippen LogP contribution is -2.32. The molecule has 3 N–H and O–H groups in total. The predicted molar refractivity (Wildman–Crippen MR) is 85.5 cm³/mol. The highest BCUT2D eigenvalue weighted by atomic mass is 35.5. The van der Waals surface area contributed by atoms with Crippen molar-refractivity contribution in [3.8, 4) is 5.75 Å². The van der Waals surface area contributed by atoms with Crippen LogP contribution in [0.3, 0.4) is 0 Å². The molecule has 7 heteroatoms. The third kappa shape index (κ3) is 4.38. The number of aromatic hydroxyl groups is 1. The number of hydrogen-bond donors (Lipinski definition) is 3. The number of carbonyl (C=O) groups is 2. The number of rotatable bonds is 4. The summed E-state index contributed by atoms with van der Waals surface area (Å²) in [7, 11) is 0. The Morgan fingerprint density at radius 1 is 1.05 bits per heavy atom. The molecule has 0 aliphatic heterocycles. The molecule has 2 aromatic rings. The zero-order chi connectivity index (χ0) is 16.1. The molecule has 0 atom stereocenters. The summed E-state index contributed by atoms with van der Waals surface area (Å²) in [6.45, 7) is -0.214. The molecule has 0 aliphatic rings. The van der Waals surface area contributed by atoms with Crippen molar-refractivity contribution >= 4 is 40.7 Å². The van der Waals surface area contributed by atoms with Crippen LogP contribution in [0, 0.1) is 0 Å². The number of anilines is 1. The maximum absolute atomic E-state index is 11.9. The monoisotopic (exact) mass is 338 g/mol. The highest BCUT2D eigenvalue weighted by molar-refractivity contribution is 6.42. The zero-order valence-electron chi connectivity index (χ0n) is 11.3. The molecule has 22 heavy (non-hydrogen) atoms. The number of nitrogens with one attached hydrogen (secondary N) is 2. The molecule has 0 saturated heterocycles. The molecule has 114 valence electrons. The minimum Gasteiger partial charge on any atom is -0.508 e. The molecule has 0 bridgehead atoms. The number of phenols is 1. The van der Waals surface area contributed by atoms with Crippen LogP contribution in [0.1, 0.15) is 10.4 Å². The molecule has 0 saturated carbocycles. The minimum absolute atomic E-state index is 0.0395. The van der Waals surface area contributed by atoms with Gasteiger partial charge in [-0.05, 0) is 30.3 Å². The maximum Gasteiger partial charge on any atom is 0.251 e. The first kappa shape index (κ1) is 16.1. The van der Waals surface area contributed by atoms with Gasteiger partial charge >= 0.3 is 0 Å². The molecule has 0 heterocycles. The van der Waals surface area contributed by atoms with E-state index in [0.717, 1.165) is 0 Å². The van der Waals surface area contributed by atoms with Crippen molar-refractivity contribution in [3.63, 3.8) is 0 Å². The van der Waals surface area contributed by atoms with Gasteiger partial charge in [0.1, 0.15) is 5.75 Å². The van der Waals surface area contributed by atoms with Crippen molar-refractivity contribution in [3.05, 3.63) is 58.1 Å². The van der Waals surface area contributed by atoms with Crippen molar-refractivity contribution in [2.24, 2.45) is 0 Å². The molecular formula is C15H12Cl2N2O3. The van der Waals surface area contributed by atoms with Gasteiger partial charge in [-0.1, -0.05) is 29.3 Å². The fourth-order valence-electron chi connectivity index (χ4n) is 1.69. The highest BCUT2D eigenvalue weighted by Crippen LogP contribution is 2.22. The summed E-state index contributed by atoms with van der Waals surface area (Å²) in [6.07, 6.45) is 0. The molecule has 0 aromatic heterocycles. The van der Waals surface area contributed by atoms with Gasteiger partial charge in [-0.3, -0.25) is 9.59 Å². The lowest BCUT2D eigenvalue weighted by Gasteiger charge is -2.08. The topological polar surface area (TPSA) is 78.4 Å². The molecule has 0 spiro atoms. The number of amides is 2. The quantitative estimate of drug-likeness (QED) is 0.801. The number of benzene rings is 2. The van der Waals surface area contributed by atoms with Crippen molar-refractivity contribution in [2.75, 3.05) is 11.9 Å². The van der Waals surface area contributed by atoms with Crippen LogP contribution in [0.5, 0.6) is 5.75 Å². The van der Waals surface area contributed by atoms with E-state index in [0.29, 0.717) is 16.3 Å². The molecule has 0 aliphatic carbocycles. The summed E-state index contributed by atoms with van der Waals surface area (Å²) >= 11 is 11.6. The van der Waals surface area contributed by atoms with E-state index in [9.17, 15) is 14.7 Å². The van der Waals surface area contributed by atoms with E-state index < -0.39 is 11.8 Å². The molecule has 2 aromatic carbocycles. The van der Waals surface area contributed by atoms with Gasteiger partial charge in [0.2, 0.25) is 5.91 Å². The first-order chi connectivity index (χ1) is 10.5. The third-order valence-electron chi connectivity index (χ3n) is 2.72. The second-order valence-electron chi connectivity index (χ2n) is 4.41. The molecule has 2 rings (SSSR count). The highest BCUT2D eigenvalue weighted by Gasteiger charge is 2.10. The van der Waals surface area contributed by atoms with E-state index in [1.807, 2.05) is 0 Å². The summed E-state index contributed by atoms with van der Waals surface area (Å²) in [5, 5.41) is 14.9. The zero-order valence-corrected chi connectivity index (χ0v) is 12.8. The Bertz CT molecular complexity index is 720. The Morgan fingerprint density at radius 2 is 1.82 bits per heavy atom. The van der Waals surface area contributed by atoms with Crippen LogP contribution in [0.25, 0.3) is 0 Å². The number of carbonyl (C=O) groups excluding carboxylic acids is 2. The second-order valence-corrected chi connectivity index (χ2v) is 5.22. The van der Waals surface area contributed by atoms with Crippen molar-refractivity contribution in [1.29, 1.82) is 0 Å². The Kier molecular flexibility index (Phi) is 5.25. The molecule has 5 nitrogen and oxygen atoms in total. The van der Waals surface area contributed by atoms with E-state index in [1.165, 1.54) is 30.3 Å². The third-order valence-corrected chi connectivity index (χ3v) is 3.46. The number of hydrogen-bond acceptors (Lipinski definition) is 3. The molecule has 0 unspecified atom stereocenters. The molecular weight excluding hydrogens is 327 g/mol. The summed E-state index contributed by atoms with van der Waals surface area (Å²) in [6, 6.07) is 10.5. The van der Waals surface area contributed by atoms with E-state index in [1.54, 1.807) is 12.1 Å². The van der Waals surface area contributed by atoms with Crippen molar-refractivity contribution in [1.82, 2.24) is 5.32 Å². The first-order valence-corrected chi connectivity index (χ1v) is 7.03. The second kappa shape index (κ2) is 7.15. The lowest BCUT2D eigenvalue weighted by molar-refractivity contribution is -0.115. The Balaban J connectivity index is 1.90. The van der Waals surface area contributed by atoms with Crippen molar-refractivity contribution < 1.29 is 14.7 Å². The SMILES string of the molecule is O=C(CNC(=O)c1ccc(Cl)c(Cl)c1)Nc1cccc(O)c1. The van der Waals surface area contributed by atoms with Gasteiger partial charge in [-0.15, -0.1) is 0 Å². The molecule has 2 amide bonds. The van der Waals surface area contributed by atoms with Crippen LogP contribution in [0.2, 0.25) is 10.0 Å². The first-order valence-electron chi connectivity index (χ1n) is 6.28. The predicted octanol–water partition coefficient (Wildman–Crippen LogP) is 3.07.